The highest BCUT2D eigenvalue weighted by atomic mass is 19.2. The second-order valence-corrected chi connectivity index (χ2v) is 4.93. The summed E-state index contributed by atoms with van der Waals surface area (Å²) in [6, 6.07) is 0.482. The maximum atomic E-state index is 13.6. The number of halogens is 3. The minimum atomic E-state index is -1.70. The zero-order valence-corrected chi connectivity index (χ0v) is 10.8. The van der Waals surface area contributed by atoms with Gasteiger partial charge >= 0.3 is 0 Å². The zero-order valence-electron chi connectivity index (χ0n) is 10.8. The molecule has 1 amide bonds. The molecule has 0 radical (unpaired) electrons. The lowest BCUT2D eigenvalue weighted by Gasteiger charge is -2.28. The highest BCUT2D eigenvalue weighted by Crippen LogP contribution is 2.26. The van der Waals surface area contributed by atoms with E-state index in [0.717, 1.165) is 0 Å². The highest BCUT2D eigenvalue weighted by Gasteiger charge is 2.25. The Morgan fingerprint density at radius 2 is 2.10 bits per heavy atom. The molecule has 0 saturated carbocycles. The van der Waals surface area contributed by atoms with Gasteiger partial charge in [-0.05, 0) is 32.4 Å². The van der Waals surface area contributed by atoms with E-state index in [0.29, 0.717) is 25.5 Å². The molecule has 4 nitrogen and oxygen atoms in total. The van der Waals surface area contributed by atoms with Crippen LogP contribution in [0.1, 0.15) is 30.1 Å². The van der Waals surface area contributed by atoms with Gasteiger partial charge in [0.2, 0.25) is 5.82 Å². The molecule has 1 aliphatic rings. The van der Waals surface area contributed by atoms with Gasteiger partial charge in [0.05, 0.1) is 5.56 Å². The lowest BCUT2D eigenvalue weighted by atomic mass is 10.00. The third-order valence-corrected chi connectivity index (χ3v) is 3.34. The first kappa shape index (κ1) is 14.6. The topological polar surface area (TPSA) is 61.4 Å². The summed E-state index contributed by atoms with van der Waals surface area (Å²) in [5.41, 5.74) is -0.701. The van der Waals surface area contributed by atoms with E-state index < -0.39 is 34.7 Å². The largest absolute Gasteiger partial charge is 0.503 e. The van der Waals surface area contributed by atoms with Crippen molar-refractivity contribution in [3.8, 4) is 5.75 Å². The Morgan fingerprint density at radius 3 is 2.75 bits per heavy atom. The summed E-state index contributed by atoms with van der Waals surface area (Å²) >= 11 is 0. The molecular weight excluding hydrogens is 273 g/mol. The summed E-state index contributed by atoms with van der Waals surface area (Å²) in [6.07, 6.45) is 1.32. The van der Waals surface area contributed by atoms with E-state index in [2.05, 4.69) is 10.6 Å². The number of carbonyl (C=O) groups is 1. The predicted octanol–water partition coefficient (Wildman–Crippen LogP) is 1.68. The fourth-order valence-corrected chi connectivity index (χ4v) is 2.28. The van der Waals surface area contributed by atoms with Crippen LogP contribution < -0.4 is 10.6 Å². The molecule has 20 heavy (non-hydrogen) atoms. The molecule has 1 aromatic rings. The van der Waals surface area contributed by atoms with Gasteiger partial charge in [-0.25, -0.2) is 8.78 Å². The van der Waals surface area contributed by atoms with E-state index in [9.17, 15) is 18.0 Å². The SMILES string of the molecule is CC1CC(NC(=O)c2cc(F)c(F)c(O)c2F)CCN1. The number of carbonyl (C=O) groups excluding carboxylic acids is 1. The van der Waals surface area contributed by atoms with Crippen LogP contribution >= 0.6 is 0 Å². The van der Waals surface area contributed by atoms with Crippen molar-refractivity contribution in [2.45, 2.75) is 31.8 Å². The molecule has 7 heteroatoms. The van der Waals surface area contributed by atoms with Gasteiger partial charge in [0, 0.05) is 12.1 Å². The summed E-state index contributed by atoms with van der Waals surface area (Å²) in [5.74, 6) is -6.96. The molecule has 0 aliphatic carbocycles. The summed E-state index contributed by atoms with van der Waals surface area (Å²) in [6.45, 7) is 2.65. The van der Waals surface area contributed by atoms with Crippen LogP contribution in [-0.4, -0.2) is 29.6 Å². The second-order valence-electron chi connectivity index (χ2n) is 4.93. The number of hydrogen-bond donors (Lipinski definition) is 3. The number of phenolic OH excluding ortho intramolecular Hbond substituents is 1. The number of hydrogen-bond acceptors (Lipinski definition) is 3. The standard InChI is InChI=1S/C13H15F3N2O2/c1-6-4-7(2-3-17-6)18-13(20)8-5-9(14)11(16)12(19)10(8)15/h5-7,17,19H,2-4H2,1H3,(H,18,20). The third kappa shape index (κ3) is 2.87. The van der Waals surface area contributed by atoms with Crippen LogP contribution in [0.25, 0.3) is 0 Å². The van der Waals surface area contributed by atoms with Gasteiger partial charge in [-0.15, -0.1) is 0 Å². The first-order chi connectivity index (χ1) is 9.40. The van der Waals surface area contributed by atoms with Crippen LogP contribution in [-0.2, 0) is 0 Å². The molecule has 0 spiro atoms. The van der Waals surface area contributed by atoms with Gasteiger partial charge in [0.15, 0.2) is 17.4 Å². The molecule has 0 aromatic heterocycles. The molecule has 2 unspecified atom stereocenters. The number of piperidine rings is 1. The number of benzene rings is 1. The van der Waals surface area contributed by atoms with Crippen molar-refractivity contribution < 1.29 is 23.1 Å². The average Bonchev–Trinajstić information content (AvgIpc) is 2.40. The van der Waals surface area contributed by atoms with Crippen molar-refractivity contribution in [2.24, 2.45) is 0 Å². The lowest BCUT2D eigenvalue weighted by molar-refractivity contribution is 0.0919. The molecule has 2 atom stereocenters. The number of rotatable bonds is 2. The van der Waals surface area contributed by atoms with Crippen LogP contribution in [0.3, 0.4) is 0 Å². The van der Waals surface area contributed by atoms with E-state index in [1.54, 1.807) is 0 Å². The van der Waals surface area contributed by atoms with E-state index in [1.165, 1.54) is 0 Å². The van der Waals surface area contributed by atoms with Gasteiger partial charge < -0.3 is 15.7 Å². The normalized spacial score (nSPS) is 22.6. The summed E-state index contributed by atoms with van der Waals surface area (Å²) < 4.78 is 39.7. The van der Waals surface area contributed by atoms with Crippen LogP contribution in [0.15, 0.2) is 6.07 Å². The first-order valence-electron chi connectivity index (χ1n) is 6.31. The van der Waals surface area contributed by atoms with Crippen molar-refractivity contribution in [2.75, 3.05) is 6.54 Å². The van der Waals surface area contributed by atoms with E-state index in [4.69, 9.17) is 5.11 Å². The maximum Gasteiger partial charge on any atom is 0.254 e. The molecule has 1 aliphatic heterocycles. The quantitative estimate of drug-likeness (QED) is 0.726. The molecular formula is C13H15F3N2O2. The molecule has 1 saturated heterocycles. The molecule has 1 fully saturated rings. The number of aromatic hydroxyl groups is 1. The van der Waals surface area contributed by atoms with Crippen molar-refractivity contribution in [1.29, 1.82) is 0 Å². The molecule has 3 N–H and O–H groups in total. The van der Waals surface area contributed by atoms with Crippen molar-refractivity contribution in [3.63, 3.8) is 0 Å². The Morgan fingerprint density at radius 1 is 1.40 bits per heavy atom. The predicted molar refractivity (Wildman–Crippen MR) is 65.9 cm³/mol. The molecule has 0 bridgehead atoms. The second kappa shape index (κ2) is 5.70. The van der Waals surface area contributed by atoms with Crippen LogP contribution in [0, 0.1) is 17.5 Å². The van der Waals surface area contributed by atoms with Crippen LogP contribution in [0.2, 0.25) is 0 Å². The zero-order chi connectivity index (χ0) is 14.9. The van der Waals surface area contributed by atoms with Crippen LogP contribution in [0.4, 0.5) is 13.2 Å². The Hall–Kier alpha value is -1.76. The Kier molecular flexibility index (Phi) is 4.17. The van der Waals surface area contributed by atoms with E-state index >= 15 is 0 Å². The monoisotopic (exact) mass is 288 g/mol. The molecule has 110 valence electrons. The Labute approximate surface area is 114 Å². The highest BCUT2D eigenvalue weighted by molar-refractivity contribution is 5.95. The maximum absolute atomic E-state index is 13.6. The number of amides is 1. The van der Waals surface area contributed by atoms with E-state index in [1.807, 2.05) is 6.92 Å². The van der Waals surface area contributed by atoms with Gasteiger partial charge in [-0.2, -0.15) is 4.39 Å². The fourth-order valence-electron chi connectivity index (χ4n) is 2.28. The molecule has 1 aromatic carbocycles. The minimum Gasteiger partial charge on any atom is -0.503 e. The fraction of sp³-hybridized carbons (Fsp3) is 0.462. The van der Waals surface area contributed by atoms with Gasteiger partial charge in [-0.3, -0.25) is 4.79 Å². The smallest absolute Gasteiger partial charge is 0.254 e. The first-order valence-corrected chi connectivity index (χ1v) is 6.31. The molecule has 2 rings (SSSR count). The number of nitrogens with one attached hydrogen (secondary N) is 2. The summed E-state index contributed by atoms with van der Waals surface area (Å²) in [5, 5.41) is 14.8. The Bertz CT molecular complexity index is 537. The third-order valence-electron chi connectivity index (χ3n) is 3.34. The Balaban J connectivity index is 2.17. The lowest BCUT2D eigenvalue weighted by Crippen LogP contribution is -2.46. The minimum absolute atomic E-state index is 0.173. The molecule has 1 heterocycles. The average molecular weight is 288 g/mol. The summed E-state index contributed by atoms with van der Waals surface area (Å²) in [7, 11) is 0. The van der Waals surface area contributed by atoms with Gasteiger partial charge in [0.1, 0.15) is 0 Å². The van der Waals surface area contributed by atoms with Crippen molar-refractivity contribution >= 4 is 5.91 Å². The van der Waals surface area contributed by atoms with Crippen LogP contribution in [0.5, 0.6) is 5.75 Å². The summed E-state index contributed by atoms with van der Waals surface area (Å²) in [4.78, 5) is 11.9. The van der Waals surface area contributed by atoms with Gasteiger partial charge in [0.25, 0.3) is 5.91 Å². The van der Waals surface area contributed by atoms with E-state index in [-0.39, 0.29) is 12.1 Å². The van der Waals surface area contributed by atoms with Crippen molar-refractivity contribution in [1.82, 2.24) is 10.6 Å². The number of phenols is 1. The van der Waals surface area contributed by atoms with Gasteiger partial charge in [-0.1, -0.05) is 0 Å². The van der Waals surface area contributed by atoms with Crippen molar-refractivity contribution in [3.05, 3.63) is 29.1 Å².